The number of aryl methyl sites for hydroxylation is 1. The van der Waals surface area contributed by atoms with E-state index >= 15 is 0 Å². The number of amides is 1. The minimum atomic E-state index is -0.437. The first kappa shape index (κ1) is 20.7. The normalized spacial score (nSPS) is 15.4. The lowest BCUT2D eigenvalue weighted by atomic mass is 9.86. The summed E-state index contributed by atoms with van der Waals surface area (Å²) >= 11 is 4.89. The zero-order chi connectivity index (χ0) is 21.3. The molecule has 154 valence electrons. The standard InChI is InChI=1S/C22H20BrN3O3S/c1-12-4-3-5-13(8-12)11-30-22-25-20-19(21(28)26-22)16(10-18(27)24-20)15-9-14(23)6-7-17(15)29-2/h3-9,16H,10-11H2,1-2H3,(H2,24,25,26,27,28). The van der Waals surface area contributed by atoms with Gasteiger partial charge >= 0.3 is 0 Å². The summed E-state index contributed by atoms with van der Waals surface area (Å²) in [5.74, 6) is 0.991. The first-order chi connectivity index (χ1) is 14.4. The molecule has 1 unspecified atom stereocenters. The molecule has 6 nitrogen and oxygen atoms in total. The SMILES string of the molecule is COc1ccc(Br)cc1C1CC(=O)Nc2nc(SCc3cccc(C)c3)[nH]c(=O)c21. The molecule has 2 aromatic carbocycles. The smallest absolute Gasteiger partial charge is 0.257 e. The Morgan fingerprint density at radius 3 is 2.83 bits per heavy atom. The minimum absolute atomic E-state index is 0.153. The van der Waals surface area contributed by atoms with Crippen molar-refractivity contribution in [1.82, 2.24) is 9.97 Å². The van der Waals surface area contributed by atoms with Crippen LogP contribution in [-0.4, -0.2) is 23.0 Å². The van der Waals surface area contributed by atoms with E-state index in [1.807, 2.05) is 43.3 Å². The van der Waals surface area contributed by atoms with Crippen LogP contribution in [0.1, 0.15) is 34.6 Å². The van der Waals surface area contributed by atoms with Gasteiger partial charge in [-0.1, -0.05) is 57.5 Å². The van der Waals surface area contributed by atoms with E-state index in [1.165, 1.54) is 17.3 Å². The van der Waals surface area contributed by atoms with Gasteiger partial charge in [0.1, 0.15) is 11.6 Å². The number of nitrogens with one attached hydrogen (secondary N) is 2. The Labute approximate surface area is 186 Å². The third-order valence-electron chi connectivity index (χ3n) is 4.95. The summed E-state index contributed by atoms with van der Waals surface area (Å²) < 4.78 is 6.32. The van der Waals surface area contributed by atoms with Crippen molar-refractivity contribution >= 4 is 39.4 Å². The van der Waals surface area contributed by atoms with Crippen molar-refractivity contribution in [1.29, 1.82) is 0 Å². The number of hydrogen-bond donors (Lipinski definition) is 2. The molecule has 1 aliphatic rings. The van der Waals surface area contributed by atoms with Gasteiger partial charge in [-0.05, 0) is 30.7 Å². The van der Waals surface area contributed by atoms with Crippen molar-refractivity contribution in [2.75, 3.05) is 12.4 Å². The number of fused-ring (bicyclic) bond motifs is 1. The number of hydrogen-bond acceptors (Lipinski definition) is 5. The first-order valence-electron chi connectivity index (χ1n) is 9.40. The molecule has 3 aromatic rings. The number of carbonyl (C=O) groups is 1. The average molecular weight is 486 g/mol. The molecule has 0 saturated heterocycles. The van der Waals surface area contributed by atoms with Crippen LogP contribution in [0.25, 0.3) is 0 Å². The van der Waals surface area contributed by atoms with Crippen LogP contribution in [0.4, 0.5) is 5.82 Å². The highest BCUT2D eigenvalue weighted by Gasteiger charge is 2.32. The number of methoxy groups -OCH3 is 1. The highest BCUT2D eigenvalue weighted by molar-refractivity contribution is 9.10. The van der Waals surface area contributed by atoms with Gasteiger partial charge in [-0.25, -0.2) is 4.98 Å². The van der Waals surface area contributed by atoms with Crippen molar-refractivity contribution in [3.8, 4) is 5.75 Å². The number of halogens is 1. The third kappa shape index (κ3) is 4.29. The average Bonchev–Trinajstić information content (AvgIpc) is 2.71. The summed E-state index contributed by atoms with van der Waals surface area (Å²) in [5, 5.41) is 3.24. The van der Waals surface area contributed by atoms with E-state index in [2.05, 4.69) is 37.3 Å². The first-order valence-corrected chi connectivity index (χ1v) is 11.2. The van der Waals surface area contributed by atoms with Crippen LogP contribution < -0.4 is 15.6 Å². The Kier molecular flexibility index (Phi) is 5.97. The molecular weight excluding hydrogens is 466 g/mol. The maximum absolute atomic E-state index is 13.0. The topological polar surface area (TPSA) is 84.1 Å². The zero-order valence-corrected chi connectivity index (χ0v) is 18.9. The van der Waals surface area contributed by atoms with E-state index in [9.17, 15) is 9.59 Å². The number of benzene rings is 2. The number of carbonyl (C=O) groups excluding carboxylic acids is 1. The van der Waals surface area contributed by atoms with Gasteiger partial charge in [-0.15, -0.1) is 0 Å². The Morgan fingerprint density at radius 2 is 2.07 bits per heavy atom. The predicted molar refractivity (Wildman–Crippen MR) is 121 cm³/mol. The molecule has 0 aliphatic carbocycles. The zero-order valence-electron chi connectivity index (χ0n) is 16.5. The highest BCUT2D eigenvalue weighted by atomic mass is 79.9. The Bertz CT molecular complexity index is 1180. The molecule has 2 heterocycles. The number of anilines is 1. The summed E-state index contributed by atoms with van der Waals surface area (Å²) in [5.41, 5.74) is 3.29. The monoisotopic (exact) mass is 485 g/mol. The molecule has 30 heavy (non-hydrogen) atoms. The number of H-pyrrole nitrogens is 1. The third-order valence-corrected chi connectivity index (χ3v) is 6.39. The van der Waals surface area contributed by atoms with Crippen LogP contribution >= 0.6 is 27.7 Å². The van der Waals surface area contributed by atoms with Gasteiger partial charge < -0.3 is 15.0 Å². The van der Waals surface area contributed by atoms with Crippen LogP contribution in [0.3, 0.4) is 0 Å². The molecule has 1 aromatic heterocycles. The van der Waals surface area contributed by atoms with Gasteiger partial charge in [0.05, 0.1) is 12.7 Å². The lowest BCUT2D eigenvalue weighted by Gasteiger charge is -2.25. The lowest BCUT2D eigenvalue weighted by molar-refractivity contribution is -0.116. The molecule has 0 saturated carbocycles. The summed E-state index contributed by atoms with van der Waals surface area (Å²) in [6.45, 7) is 2.04. The second-order valence-electron chi connectivity index (χ2n) is 7.10. The summed E-state index contributed by atoms with van der Waals surface area (Å²) in [4.78, 5) is 32.8. The van der Waals surface area contributed by atoms with E-state index in [-0.39, 0.29) is 17.9 Å². The Morgan fingerprint density at radius 1 is 1.23 bits per heavy atom. The molecule has 1 aliphatic heterocycles. The summed E-state index contributed by atoms with van der Waals surface area (Å²) in [6, 6.07) is 13.7. The van der Waals surface area contributed by atoms with Gasteiger partial charge in [-0.3, -0.25) is 9.59 Å². The van der Waals surface area contributed by atoms with Crippen LogP contribution in [0, 0.1) is 6.92 Å². The molecule has 0 bridgehead atoms. The van der Waals surface area contributed by atoms with Crippen LogP contribution in [0.2, 0.25) is 0 Å². The number of rotatable bonds is 5. The van der Waals surface area contributed by atoms with E-state index < -0.39 is 5.92 Å². The van der Waals surface area contributed by atoms with Crippen molar-refractivity contribution in [2.45, 2.75) is 30.2 Å². The fourth-order valence-electron chi connectivity index (χ4n) is 3.62. The number of aromatic nitrogens is 2. The predicted octanol–water partition coefficient (Wildman–Crippen LogP) is 4.62. The van der Waals surface area contributed by atoms with Crippen LogP contribution in [-0.2, 0) is 10.5 Å². The quantitative estimate of drug-likeness (QED) is 0.406. The van der Waals surface area contributed by atoms with Gasteiger partial charge in [0.15, 0.2) is 5.16 Å². The molecule has 4 rings (SSSR count). The lowest BCUT2D eigenvalue weighted by Crippen LogP contribution is -2.31. The maximum Gasteiger partial charge on any atom is 0.257 e. The maximum atomic E-state index is 13.0. The van der Waals surface area contributed by atoms with Crippen LogP contribution in [0.15, 0.2) is 56.9 Å². The van der Waals surface area contributed by atoms with E-state index in [4.69, 9.17) is 4.74 Å². The molecular formula is C22H20BrN3O3S. The van der Waals surface area contributed by atoms with Gasteiger partial charge in [0, 0.05) is 28.1 Å². The highest BCUT2D eigenvalue weighted by Crippen LogP contribution is 2.39. The number of nitrogens with zero attached hydrogens (tertiary/aromatic N) is 1. The Balaban J connectivity index is 1.70. The molecule has 1 atom stereocenters. The van der Waals surface area contributed by atoms with Gasteiger partial charge in [-0.2, -0.15) is 0 Å². The second kappa shape index (κ2) is 8.65. The molecule has 0 spiro atoms. The van der Waals surface area contributed by atoms with E-state index in [0.29, 0.717) is 28.0 Å². The second-order valence-corrected chi connectivity index (χ2v) is 8.98. The van der Waals surface area contributed by atoms with Crippen molar-refractivity contribution in [3.63, 3.8) is 0 Å². The summed E-state index contributed by atoms with van der Waals surface area (Å²) in [7, 11) is 1.57. The number of aromatic amines is 1. The molecule has 2 N–H and O–H groups in total. The fourth-order valence-corrected chi connectivity index (χ4v) is 4.80. The Hall–Kier alpha value is -2.58. The van der Waals surface area contributed by atoms with Gasteiger partial charge in [0.25, 0.3) is 5.56 Å². The number of ether oxygens (including phenoxy) is 1. The van der Waals surface area contributed by atoms with E-state index in [0.717, 1.165) is 15.6 Å². The summed E-state index contributed by atoms with van der Waals surface area (Å²) in [6.07, 6.45) is 0.153. The molecule has 0 radical (unpaired) electrons. The van der Waals surface area contributed by atoms with Crippen molar-refractivity contribution in [3.05, 3.63) is 79.5 Å². The van der Waals surface area contributed by atoms with Crippen molar-refractivity contribution < 1.29 is 9.53 Å². The largest absolute Gasteiger partial charge is 0.496 e. The van der Waals surface area contributed by atoms with Crippen LogP contribution in [0.5, 0.6) is 5.75 Å². The van der Waals surface area contributed by atoms with Crippen molar-refractivity contribution in [2.24, 2.45) is 0 Å². The number of thioether (sulfide) groups is 1. The van der Waals surface area contributed by atoms with Gasteiger partial charge in [0.2, 0.25) is 5.91 Å². The molecule has 0 fully saturated rings. The fraction of sp³-hybridized carbons (Fsp3) is 0.227. The van der Waals surface area contributed by atoms with E-state index in [1.54, 1.807) is 7.11 Å². The minimum Gasteiger partial charge on any atom is -0.496 e. The molecule has 1 amide bonds. The molecule has 8 heteroatoms.